The Kier molecular flexibility index (Phi) is 4.94. The van der Waals surface area contributed by atoms with Crippen LogP contribution in [-0.2, 0) is 0 Å². The van der Waals surface area contributed by atoms with Crippen LogP contribution in [0.5, 0.6) is 0 Å². The highest BCUT2D eigenvalue weighted by Crippen LogP contribution is 2.25. The molecule has 0 saturated carbocycles. The van der Waals surface area contributed by atoms with Gasteiger partial charge in [0.1, 0.15) is 5.82 Å². The van der Waals surface area contributed by atoms with Crippen molar-refractivity contribution in [3.05, 3.63) is 29.6 Å². The molecule has 2 nitrogen and oxygen atoms in total. The molecule has 0 aromatic heterocycles. The summed E-state index contributed by atoms with van der Waals surface area (Å²) in [6.07, 6.45) is 1.35. The molecule has 0 aliphatic heterocycles. The predicted molar refractivity (Wildman–Crippen MR) is 69.8 cm³/mol. The lowest BCUT2D eigenvalue weighted by molar-refractivity contribution is 0.199. The lowest BCUT2D eigenvalue weighted by Crippen LogP contribution is -2.31. The highest BCUT2D eigenvalue weighted by atomic mass is 19.1. The van der Waals surface area contributed by atoms with E-state index in [9.17, 15) is 9.50 Å². The predicted octanol–water partition coefficient (Wildman–Crippen LogP) is 3.50. The number of aliphatic hydroxyl groups excluding tert-OH is 1. The second-order valence-electron chi connectivity index (χ2n) is 4.47. The van der Waals surface area contributed by atoms with Crippen molar-refractivity contribution in [3.8, 4) is 0 Å². The summed E-state index contributed by atoms with van der Waals surface area (Å²) in [6, 6.07) is 5.29. The number of hydrogen-bond acceptors (Lipinski definition) is 2. The standard InChI is InChI=1S/C14H22FNO/c1-5-12(6-2)16(4)14-8-7-11(10(3)17)9-13(14)15/h7-10,12,17H,5-6H2,1-4H3/t10-/m1/s1. The summed E-state index contributed by atoms with van der Waals surface area (Å²) in [5.74, 6) is -0.266. The molecule has 1 aromatic rings. The number of rotatable bonds is 5. The van der Waals surface area contributed by atoms with E-state index >= 15 is 0 Å². The number of aliphatic hydroxyl groups is 1. The molecule has 0 aliphatic carbocycles. The van der Waals surface area contributed by atoms with Gasteiger partial charge in [0.15, 0.2) is 0 Å². The van der Waals surface area contributed by atoms with Crippen LogP contribution in [-0.4, -0.2) is 18.2 Å². The number of anilines is 1. The van der Waals surface area contributed by atoms with Gasteiger partial charge < -0.3 is 10.0 Å². The van der Waals surface area contributed by atoms with Crippen LogP contribution in [0.3, 0.4) is 0 Å². The molecule has 0 saturated heterocycles. The molecule has 0 spiro atoms. The van der Waals surface area contributed by atoms with Crippen molar-refractivity contribution in [2.45, 2.75) is 45.8 Å². The summed E-state index contributed by atoms with van der Waals surface area (Å²) in [4.78, 5) is 1.97. The Morgan fingerprint density at radius 2 is 1.88 bits per heavy atom. The van der Waals surface area contributed by atoms with E-state index in [4.69, 9.17) is 0 Å². The minimum absolute atomic E-state index is 0.266. The van der Waals surface area contributed by atoms with Crippen molar-refractivity contribution in [3.63, 3.8) is 0 Å². The van der Waals surface area contributed by atoms with Gasteiger partial charge in [0, 0.05) is 13.1 Å². The van der Waals surface area contributed by atoms with Crippen LogP contribution in [0.2, 0.25) is 0 Å². The van der Waals surface area contributed by atoms with E-state index in [2.05, 4.69) is 13.8 Å². The molecule has 0 bridgehead atoms. The van der Waals surface area contributed by atoms with E-state index in [1.54, 1.807) is 19.1 Å². The summed E-state index contributed by atoms with van der Waals surface area (Å²) in [5.41, 5.74) is 1.22. The van der Waals surface area contributed by atoms with Gasteiger partial charge in [0.05, 0.1) is 11.8 Å². The van der Waals surface area contributed by atoms with Gasteiger partial charge in [-0.1, -0.05) is 19.9 Å². The van der Waals surface area contributed by atoms with E-state index in [1.807, 2.05) is 11.9 Å². The third kappa shape index (κ3) is 3.19. The van der Waals surface area contributed by atoms with Gasteiger partial charge in [0.25, 0.3) is 0 Å². The van der Waals surface area contributed by atoms with Gasteiger partial charge in [-0.25, -0.2) is 4.39 Å². The van der Waals surface area contributed by atoms with Gasteiger partial charge in [-0.15, -0.1) is 0 Å². The summed E-state index contributed by atoms with van der Waals surface area (Å²) in [6.45, 7) is 5.85. The third-order valence-electron chi connectivity index (χ3n) is 3.32. The number of benzene rings is 1. The molecule has 0 unspecified atom stereocenters. The van der Waals surface area contributed by atoms with Gasteiger partial charge in [-0.3, -0.25) is 0 Å². The van der Waals surface area contributed by atoms with E-state index in [1.165, 1.54) is 6.07 Å². The Hall–Kier alpha value is -1.09. The third-order valence-corrected chi connectivity index (χ3v) is 3.32. The Bertz CT molecular complexity index is 361. The average Bonchev–Trinajstić information content (AvgIpc) is 2.30. The molecule has 0 radical (unpaired) electrons. The highest BCUT2D eigenvalue weighted by molar-refractivity contribution is 5.49. The topological polar surface area (TPSA) is 23.5 Å². The summed E-state index contributed by atoms with van der Waals surface area (Å²) < 4.78 is 13.9. The molecule has 17 heavy (non-hydrogen) atoms. The van der Waals surface area contributed by atoms with Gasteiger partial charge in [-0.2, -0.15) is 0 Å². The summed E-state index contributed by atoms with van der Waals surface area (Å²) in [5, 5.41) is 9.40. The molecule has 1 N–H and O–H groups in total. The fourth-order valence-corrected chi connectivity index (χ4v) is 2.10. The molecular weight excluding hydrogens is 217 g/mol. The van der Waals surface area contributed by atoms with Gasteiger partial charge in [0.2, 0.25) is 0 Å². The maximum atomic E-state index is 13.9. The summed E-state index contributed by atoms with van der Waals surface area (Å²) in [7, 11) is 1.91. The largest absolute Gasteiger partial charge is 0.389 e. The van der Waals surface area contributed by atoms with Crippen LogP contribution in [0, 0.1) is 5.82 Å². The first kappa shape index (κ1) is 14.0. The zero-order valence-electron chi connectivity index (χ0n) is 11.1. The quantitative estimate of drug-likeness (QED) is 0.850. The normalized spacial score (nSPS) is 12.9. The SMILES string of the molecule is CCC(CC)N(C)c1ccc([C@@H](C)O)cc1F. The second kappa shape index (κ2) is 6.01. The molecule has 0 fully saturated rings. The van der Waals surface area contributed by atoms with Crippen LogP contribution in [0.4, 0.5) is 10.1 Å². The zero-order valence-corrected chi connectivity index (χ0v) is 11.1. The molecule has 1 rings (SSSR count). The van der Waals surface area contributed by atoms with Crippen molar-refractivity contribution < 1.29 is 9.50 Å². The Labute approximate surface area is 103 Å². The average molecular weight is 239 g/mol. The minimum Gasteiger partial charge on any atom is -0.389 e. The van der Waals surface area contributed by atoms with Gasteiger partial charge >= 0.3 is 0 Å². The lowest BCUT2D eigenvalue weighted by atomic mass is 10.1. The zero-order chi connectivity index (χ0) is 13.0. The van der Waals surface area contributed by atoms with Crippen molar-refractivity contribution >= 4 is 5.69 Å². The maximum absolute atomic E-state index is 13.9. The van der Waals surface area contributed by atoms with Gasteiger partial charge in [-0.05, 0) is 37.5 Å². The van der Waals surface area contributed by atoms with Crippen LogP contribution in [0.15, 0.2) is 18.2 Å². The first-order chi connectivity index (χ1) is 8.01. The van der Waals surface area contributed by atoms with Crippen molar-refractivity contribution in [2.24, 2.45) is 0 Å². The van der Waals surface area contributed by atoms with Crippen LogP contribution >= 0.6 is 0 Å². The molecular formula is C14H22FNO. The first-order valence-electron chi connectivity index (χ1n) is 6.21. The Morgan fingerprint density at radius 1 is 1.29 bits per heavy atom. The van der Waals surface area contributed by atoms with E-state index < -0.39 is 6.10 Å². The Morgan fingerprint density at radius 3 is 2.29 bits per heavy atom. The fourth-order valence-electron chi connectivity index (χ4n) is 2.10. The highest BCUT2D eigenvalue weighted by Gasteiger charge is 2.15. The van der Waals surface area contributed by atoms with E-state index in [0.717, 1.165) is 12.8 Å². The van der Waals surface area contributed by atoms with E-state index in [0.29, 0.717) is 17.3 Å². The molecule has 3 heteroatoms. The van der Waals surface area contributed by atoms with Crippen LogP contribution in [0.25, 0.3) is 0 Å². The first-order valence-corrected chi connectivity index (χ1v) is 6.21. The minimum atomic E-state index is -0.628. The second-order valence-corrected chi connectivity index (χ2v) is 4.47. The number of hydrogen-bond donors (Lipinski definition) is 1. The molecule has 0 heterocycles. The lowest BCUT2D eigenvalue weighted by Gasteiger charge is -2.29. The number of nitrogens with zero attached hydrogens (tertiary/aromatic N) is 1. The maximum Gasteiger partial charge on any atom is 0.146 e. The molecule has 0 amide bonds. The number of halogens is 1. The smallest absolute Gasteiger partial charge is 0.146 e. The van der Waals surface area contributed by atoms with Crippen molar-refractivity contribution in [1.29, 1.82) is 0 Å². The van der Waals surface area contributed by atoms with Crippen LogP contribution in [0.1, 0.15) is 45.3 Å². The van der Waals surface area contributed by atoms with Crippen molar-refractivity contribution in [1.82, 2.24) is 0 Å². The monoisotopic (exact) mass is 239 g/mol. The Balaban J connectivity index is 2.99. The fraction of sp³-hybridized carbons (Fsp3) is 0.571. The molecule has 1 aromatic carbocycles. The summed E-state index contributed by atoms with van der Waals surface area (Å²) >= 11 is 0. The molecule has 1 atom stereocenters. The van der Waals surface area contributed by atoms with Crippen LogP contribution < -0.4 is 4.90 Å². The molecule has 0 aliphatic rings. The molecule has 96 valence electrons. The van der Waals surface area contributed by atoms with E-state index in [-0.39, 0.29) is 5.82 Å². The van der Waals surface area contributed by atoms with Crippen molar-refractivity contribution in [2.75, 3.05) is 11.9 Å².